The quantitative estimate of drug-likeness (QED) is 0.623. The van der Waals surface area contributed by atoms with Gasteiger partial charge in [0.25, 0.3) is 0 Å². The highest BCUT2D eigenvalue weighted by molar-refractivity contribution is 5.93. The summed E-state index contributed by atoms with van der Waals surface area (Å²) in [5.74, 6) is -1.10. The van der Waals surface area contributed by atoms with E-state index in [1.807, 2.05) is 20.9 Å². The highest BCUT2D eigenvalue weighted by atomic mass is 16.4. The van der Waals surface area contributed by atoms with Gasteiger partial charge in [-0.15, -0.1) is 0 Å². The Morgan fingerprint density at radius 1 is 1.39 bits per heavy atom. The van der Waals surface area contributed by atoms with Gasteiger partial charge in [-0.2, -0.15) is 5.10 Å². The van der Waals surface area contributed by atoms with Gasteiger partial charge >= 0.3 is 5.97 Å². The second-order valence-electron chi connectivity index (χ2n) is 4.04. The normalized spacial score (nSPS) is 10.4. The van der Waals surface area contributed by atoms with Crippen LogP contribution in [0.15, 0.2) is 0 Å². The van der Waals surface area contributed by atoms with Crippen LogP contribution in [0.2, 0.25) is 0 Å². The zero-order valence-electron chi connectivity index (χ0n) is 10.8. The van der Waals surface area contributed by atoms with Gasteiger partial charge in [-0.05, 0) is 13.8 Å². The fraction of sp³-hybridized carbons (Fsp3) is 0.545. The maximum Gasteiger partial charge on any atom is 0.304 e. The third-order valence-corrected chi connectivity index (χ3v) is 2.57. The maximum absolute atomic E-state index is 11.6. The van der Waals surface area contributed by atoms with E-state index in [9.17, 15) is 9.59 Å². The highest BCUT2D eigenvalue weighted by Gasteiger charge is 2.11. The van der Waals surface area contributed by atoms with Crippen LogP contribution in [0.25, 0.3) is 0 Å². The molecule has 1 amide bonds. The van der Waals surface area contributed by atoms with Crippen molar-refractivity contribution in [3.63, 3.8) is 0 Å². The van der Waals surface area contributed by atoms with E-state index in [1.165, 1.54) is 0 Å². The predicted octanol–water partition coefficient (Wildman–Crippen LogP) is 0.0397. The average Bonchev–Trinajstić information content (AvgIpc) is 2.51. The van der Waals surface area contributed by atoms with Gasteiger partial charge in [0.2, 0.25) is 5.91 Å². The van der Waals surface area contributed by atoms with E-state index in [1.54, 1.807) is 4.68 Å². The lowest BCUT2D eigenvalue weighted by atomic mass is 10.3. The zero-order valence-corrected chi connectivity index (χ0v) is 10.8. The summed E-state index contributed by atoms with van der Waals surface area (Å²) in [4.78, 5) is 21.9. The lowest BCUT2D eigenvalue weighted by Crippen LogP contribution is -2.29. The van der Waals surface area contributed by atoms with Crippen molar-refractivity contribution in [2.24, 2.45) is 7.05 Å². The topological polar surface area (TPSA) is 96.3 Å². The molecule has 18 heavy (non-hydrogen) atoms. The molecule has 0 atom stereocenters. The zero-order chi connectivity index (χ0) is 13.7. The molecular formula is C11H18N4O3. The molecule has 3 N–H and O–H groups in total. The Bertz CT molecular complexity index is 453. The van der Waals surface area contributed by atoms with E-state index in [2.05, 4.69) is 15.7 Å². The Morgan fingerprint density at radius 3 is 2.56 bits per heavy atom. The Morgan fingerprint density at radius 2 is 2.06 bits per heavy atom. The summed E-state index contributed by atoms with van der Waals surface area (Å²) in [5.41, 5.74) is 2.35. The van der Waals surface area contributed by atoms with Crippen LogP contribution in [0.1, 0.15) is 17.8 Å². The number of hydrogen-bond acceptors (Lipinski definition) is 4. The van der Waals surface area contributed by atoms with Crippen molar-refractivity contribution in [2.45, 2.75) is 20.3 Å². The number of carboxylic acids is 1. The molecule has 1 aromatic rings. The predicted molar refractivity (Wildman–Crippen MR) is 66.4 cm³/mol. The Labute approximate surface area is 105 Å². The van der Waals surface area contributed by atoms with Gasteiger partial charge in [0.05, 0.1) is 30.0 Å². The summed E-state index contributed by atoms with van der Waals surface area (Å²) in [6.45, 7) is 4.04. The number of hydrogen-bond donors (Lipinski definition) is 3. The molecule has 1 aromatic heterocycles. The van der Waals surface area contributed by atoms with Crippen molar-refractivity contribution < 1.29 is 14.7 Å². The standard InChI is InChI=1S/C11H18N4O3/c1-7-11(8(2)15(3)14-7)13-9(16)6-12-5-4-10(17)18/h12H,4-6H2,1-3H3,(H,13,16)(H,17,18). The summed E-state index contributed by atoms with van der Waals surface area (Å²) >= 11 is 0. The van der Waals surface area contributed by atoms with Crippen LogP contribution >= 0.6 is 0 Å². The number of aliphatic carboxylic acids is 1. The molecule has 0 unspecified atom stereocenters. The van der Waals surface area contributed by atoms with Crippen LogP contribution in [-0.2, 0) is 16.6 Å². The number of carbonyl (C=O) groups is 2. The molecule has 0 aromatic carbocycles. The SMILES string of the molecule is Cc1nn(C)c(C)c1NC(=O)CNCCC(=O)O. The molecule has 0 aliphatic rings. The monoisotopic (exact) mass is 254 g/mol. The Balaban J connectivity index is 2.42. The van der Waals surface area contributed by atoms with Crippen LogP contribution in [0.4, 0.5) is 5.69 Å². The van der Waals surface area contributed by atoms with Crippen molar-refractivity contribution in [3.8, 4) is 0 Å². The smallest absolute Gasteiger partial charge is 0.304 e. The molecule has 0 spiro atoms. The van der Waals surface area contributed by atoms with Gasteiger partial charge in [0.1, 0.15) is 0 Å². The molecular weight excluding hydrogens is 236 g/mol. The third kappa shape index (κ3) is 3.85. The van der Waals surface area contributed by atoms with Gasteiger partial charge in [0.15, 0.2) is 0 Å². The maximum atomic E-state index is 11.6. The number of carbonyl (C=O) groups excluding carboxylic acids is 1. The third-order valence-electron chi connectivity index (χ3n) is 2.57. The number of rotatable bonds is 6. The number of nitrogens with one attached hydrogen (secondary N) is 2. The largest absolute Gasteiger partial charge is 0.481 e. The fourth-order valence-electron chi connectivity index (χ4n) is 1.54. The minimum absolute atomic E-state index is 0.00176. The molecule has 0 fully saturated rings. The minimum Gasteiger partial charge on any atom is -0.481 e. The Hall–Kier alpha value is -1.89. The van der Waals surface area contributed by atoms with Gasteiger partial charge in [-0.1, -0.05) is 0 Å². The van der Waals surface area contributed by atoms with Crippen molar-refractivity contribution in [1.82, 2.24) is 15.1 Å². The first-order valence-corrected chi connectivity index (χ1v) is 5.64. The molecule has 7 heteroatoms. The van der Waals surface area contributed by atoms with Crippen LogP contribution in [-0.4, -0.2) is 39.9 Å². The first kappa shape index (κ1) is 14.2. The van der Waals surface area contributed by atoms with Crippen LogP contribution in [0.3, 0.4) is 0 Å². The van der Waals surface area contributed by atoms with Crippen molar-refractivity contribution >= 4 is 17.6 Å². The number of aryl methyl sites for hydroxylation is 2. The lowest BCUT2D eigenvalue weighted by Gasteiger charge is -2.06. The first-order valence-electron chi connectivity index (χ1n) is 5.64. The number of anilines is 1. The number of amides is 1. The first-order chi connectivity index (χ1) is 8.41. The van der Waals surface area contributed by atoms with E-state index in [0.717, 1.165) is 11.4 Å². The molecule has 0 bridgehead atoms. The van der Waals surface area contributed by atoms with Gasteiger partial charge in [-0.3, -0.25) is 14.3 Å². The summed E-state index contributed by atoms with van der Waals surface area (Å²) in [7, 11) is 1.81. The average molecular weight is 254 g/mol. The molecule has 1 rings (SSSR count). The summed E-state index contributed by atoms with van der Waals surface area (Å²) in [6.07, 6.45) is -0.00176. The Kier molecular flexibility index (Phi) is 4.85. The van der Waals surface area contributed by atoms with E-state index in [0.29, 0.717) is 5.69 Å². The number of carboxylic acid groups (broad SMARTS) is 1. The van der Waals surface area contributed by atoms with E-state index in [4.69, 9.17) is 5.11 Å². The summed E-state index contributed by atoms with van der Waals surface area (Å²) in [6, 6.07) is 0. The van der Waals surface area contributed by atoms with Crippen LogP contribution in [0, 0.1) is 13.8 Å². The molecule has 7 nitrogen and oxygen atoms in total. The van der Waals surface area contributed by atoms with Crippen molar-refractivity contribution in [2.75, 3.05) is 18.4 Å². The second-order valence-corrected chi connectivity index (χ2v) is 4.04. The molecule has 0 saturated heterocycles. The summed E-state index contributed by atoms with van der Waals surface area (Å²) in [5, 5.41) is 18.1. The molecule has 1 heterocycles. The van der Waals surface area contributed by atoms with Gasteiger partial charge in [-0.25, -0.2) is 0 Å². The molecule has 100 valence electrons. The van der Waals surface area contributed by atoms with Gasteiger partial charge < -0.3 is 15.7 Å². The van der Waals surface area contributed by atoms with Gasteiger partial charge in [0, 0.05) is 13.6 Å². The van der Waals surface area contributed by atoms with E-state index >= 15 is 0 Å². The molecule has 0 radical (unpaired) electrons. The van der Waals surface area contributed by atoms with E-state index in [-0.39, 0.29) is 25.4 Å². The van der Waals surface area contributed by atoms with Crippen molar-refractivity contribution in [1.29, 1.82) is 0 Å². The molecule has 0 saturated carbocycles. The van der Waals surface area contributed by atoms with E-state index < -0.39 is 5.97 Å². The minimum atomic E-state index is -0.887. The number of nitrogens with zero attached hydrogens (tertiary/aromatic N) is 2. The highest BCUT2D eigenvalue weighted by Crippen LogP contribution is 2.17. The second kappa shape index (κ2) is 6.15. The van der Waals surface area contributed by atoms with Crippen molar-refractivity contribution in [3.05, 3.63) is 11.4 Å². The molecule has 0 aliphatic heterocycles. The summed E-state index contributed by atoms with van der Waals surface area (Å²) < 4.78 is 1.70. The lowest BCUT2D eigenvalue weighted by molar-refractivity contribution is -0.137. The number of aromatic nitrogens is 2. The fourth-order valence-corrected chi connectivity index (χ4v) is 1.54. The van der Waals surface area contributed by atoms with Crippen LogP contribution in [0.5, 0.6) is 0 Å². The van der Waals surface area contributed by atoms with Crippen LogP contribution < -0.4 is 10.6 Å². The molecule has 0 aliphatic carbocycles.